The van der Waals surface area contributed by atoms with Crippen LogP contribution in [0.15, 0.2) is 52.2 Å². The Morgan fingerprint density at radius 3 is 2.76 bits per heavy atom. The summed E-state index contributed by atoms with van der Waals surface area (Å²) in [5, 5.41) is 31.9. The van der Waals surface area contributed by atoms with E-state index in [1.807, 2.05) is 0 Å². The molecule has 11 nitrogen and oxygen atoms in total. The first-order chi connectivity index (χ1) is 16.3. The molecule has 0 bridgehead atoms. The van der Waals surface area contributed by atoms with E-state index in [0.29, 0.717) is 11.1 Å². The van der Waals surface area contributed by atoms with Crippen molar-refractivity contribution in [2.45, 2.75) is 18.8 Å². The summed E-state index contributed by atoms with van der Waals surface area (Å²) >= 11 is 0. The fourth-order valence-corrected chi connectivity index (χ4v) is 3.86. The van der Waals surface area contributed by atoms with E-state index in [2.05, 4.69) is 36.2 Å². The third kappa shape index (κ3) is 3.90. The number of halogens is 1. The van der Waals surface area contributed by atoms with Crippen molar-refractivity contribution in [3.05, 3.63) is 87.4 Å². The number of amides is 1. The minimum atomic E-state index is -0.868. The van der Waals surface area contributed by atoms with Crippen molar-refractivity contribution < 1.29 is 18.8 Å². The van der Waals surface area contributed by atoms with Crippen LogP contribution in [0.5, 0.6) is 5.75 Å². The van der Waals surface area contributed by atoms with E-state index in [-0.39, 0.29) is 17.1 Å². The van der Waals surface area contributed by atoms with Gasteiger partial charge in [0.25, 0.3) is 11.5 Å². The molecule has 3 heterocycles. The third-order valence-electron chi connectivity index (χ3n) is 5.49. The molecule has 4 rings (SSSR count). The van der Waals surface area contributed by atoms with Crippen LogP contribution in [0.3, 0.4) is 0 Å². The van der Waals surface area contributed by atoms with E-state index in [1.165, 1.54) is 19.4 Å². The van der Waals surface area contributed by atoms with E-state index in [1.54, 1.807) is 31.2 Å². The van der Waals surface area contributed by atoms with Crippen LogP contribution in [0.2, 0.25) is 0 Å². The zero-order valence-electron chi connectivity index (χ0n) is 18.0. The largest absolute Gasteiger partial charge is 0.501 e. The zero-order valence-corrected chi connectivity index (χ0v) is 18.0. The van der Waals surface area contributed by atoms with Crippen LogP contribution in [0, 0.1) is 17.3 Å². The lowest BCUT2D eigenvalue weighted by atomic mass is 9.80. The van der Waals surface area contributed by atoms with E-state index < -0.39 is 40.7 Å². The maximum atomic E-state index is 14.6. The molecule has 0 aliphatic carbocycles. The Balaban J connectivity index is 1.87. The van der Waals surface area contributed by atoms with Crippen LogP contribution in [0.4, 0.5) is 10.1 Å². The third-order valence-corrected chi connectivity index (χ3v) is 5.49. The molecule has 1 aromatic carbocycles. The monoisotopic (exact) mass is 463 g/mol. The van der Waals surface area contributed by atoms with Crippen LogP contribution in [0.1, 0.15) is 51.8 Å². The summed E-state index contributed by atoms with van der Waals surface area (Å²) in [6, 6.07) is 8.74. The highest BCUT2D eigenvalue weighted by Crippen LogP contribution is 2.39. The number of aromatic hydroxyl groups is 1. The molecule has 172 valence electrons. The van der Waals surface area contributed by atoms with Crippen molar-refractivity contribution in [3.63, 3.8) is 0 Å². The Kier molecular flexibility index (Phi) is 5.92. The molecule has 3 N–H and O–H groups in total. The van der Waals surface area contributed by atoms with Gasteiger partial charge in [-0.3, -0.25) is 19.3 Å². The lowest BCUT2D eigenvalue weighted by Crippen LogP contribution is -2.29. The molecule has 34 heavy (non-hydrogen) atoms. The maximum absolute atomic E-state index is 14.6. The molecule has 0 saturated heterocycles. The van der Waals surface area contributed by atoms with Crippen molar-refractivity contribution >= 4 is 11.6 Å². The van der Waals surface area contributed by atoms with Crippen LogP contribution in [0.25, 0.3) is 0 Å². The number of carbonyl (C=O) groups excluding carboxylic acids is 1. The van der Waals surface area contributed by atoms with E-state index in [9.17, 15) is 24.3 Å². The van der Waals surface area contributed by atoms with E-state index in [0.717, 1.165) is 10.8 Å². The first-order valence-electron chi connectivity index (χ1n) is 10.0. The van der Waals surface area contributed by atoms with Crippen molar-refractivity contribution in [2.24, 2.45) is 7.05 Å². The highest BCUT2D eigenvalue weighted by Gasteiger charge is 2.33. The summed E-state index contributed by atoms with van der Waals surface area (Å²) in [7, 11) is 1.38. The SMILES string of the molecule is C[C@@H](c1nc(C(=O)Nc2cnoc2)c(O)c(=O)n1C)[C@@H](c1ccccc1C#N)c1c[nH]nc1F. The van der Waals surface area contributed by atoms with E-state index >= 15 is 0 Å². The van der Waals surface area contributed by atoms with Gasteiger partial charge in [-0.2, -0.15) is 9.65 Å². The Hall–Kier alpha value is -4.79. The Morgan fingerprint density at radius 1 is 1.35 bits per heavy atom. The molecular weight excluding hydrogens is 445 g/mol. The number of hydrogen-bond donors (Lipinski definition) is 3. The lowest BCUT2D eigenvalue weighted by Gasteiger charge is -2.26. The van der Waals surface area contributed by atoms with Crippen molar-refractivity contribution in [2.75, 3.05) is 5.32 Å². The van der Waals surface area contributed by atoms with Crippen LogP contribution in [-0.2, 0) is 7.05 Å². The summed E-state index contributed by atoms with van der Waals surface area (Å²) in [5.41, 5.74) is -0.265. The standard InChI is InChI=1S/C22H18FN7O4/c1-11(16(15-9-25-29-19(15)23)14-6-4-3-5-12(14)7-24)20-28-17(18(31)22(33)30(20)2)21(32)27-13-8-26-34-10-13/h3-6,8-11,16,31H,1-2H3,(H,25,29)(H,27,32)/t11-,16+/m1/s1. The average molecular weight is 463 g/mol. The number of nitrogens with zero attached hydrogens (tertiary/aromatic N) is 5. The number of rotatable bonds is 6. The minimum absolute atomic E-state index is 0.0802. The highest BCUT2D eigenvalue weighted by molar-refractivity contribution is 6.04. The molecule has 0 aliphatic heterocycles. The second-order valence-electron chi connectivity index (χ2n) is 7.50. The van der Waals surface area contributed by atoms with Crippen LogP contribution in [-0.4, -0.2) is 35.9 Å². The molecular formula is C22H18FN7O4. The van der Waals surface area contributed by atoms with Gasteiger partial charge >= 0.3 is 0 Å². The van der Waals surface area contributed by atoms with E-state index in [4.69, 9.17) is 0 Å². The predicted octanol–water partition coefficient (Wildman–Crippen LogP) is 2.40. The Morgan fingerprint density at radius 2 is 2.12 bits per heavy atom. The number of aromatic amines is 1. The van der Waals surface area contributed by atoms with Gasteiger partial charge in [0.1, 0.15) is 17.8 Å². The van der Waals surface area contributed by atoms with Gasteiger partial charge in [0, 0.05) is 30.6 Å². The molecule has 0 fully saturated rings. The fourth-order valence-electron chi connectivity index (χ4n) is 3.86. The molecule has 2 atom stereocenters. The number of carbonyl (C=O) groups is 1. The van der Waals surface area contributed by atoms with Gasteiger partial charge in [0.15, 0.2) is 5.69 Å². The van der Waals surface area contributed by atoms with Crippen molar-refractivity contribution in [1.82, 2.24) is 24.9 Å². The first kappa shape index (κ1) is 22.4. The number of H-pyrrole nitrogens is 1. The van der Waals surface area contributed by atoms with Gasteiger partial charge in [-0.1, -0.05) is 30.3 Å². The Labute approximate surface area is 191 Å². The second kappa shape index (κ2) is 8.99. The number of anilines is 1. The Bertz CT molecular complexity index is 1450. The molecule has 0 aliphatic rings. The number of aromatic nitrogens is 5. The quantitative estimate of drug-likeness (QED) is 0.392. The summed E-state index contributed by atoms with van der Waals surface area (Å²) in [6.45, 7) is 1.67. The highest BCUT2D eigenvalue weighted by atomic mass is 19.1. The van der Waals surface area contributed by atoms with Gasteiger partial charge in [-0.05, 0) is 11.6 Å². The average Bonchev–Trinajstić information content (AvgIpc) is 3.50. The van der Waals surface area contributed by atoms with Gasteiger partial charge < -0.3 is 14.9 Å². The molecule has 0 unspecified atom stereocenters. The second-order valence-corrected chi connectivity index (χ2v) is 7.50. The molecule has 12 heteroatoms. The smallest absolute Gasteiger partial charge is 0.296 e. The van der Waals surface area contributed by atoms with Gasteiger partial charge in [0.05, 0.1) is 17.8 Å². The van der Waals surface area contributed by atoms with Crippen molar-refractivity contribution in [1.29, 1.82) is 5.26 Å². The summed E-state index contributed by atoms with van der Waals surface area (Å²) in [4.78, 5) is 29.8. The molecule has 0 spiro atoms. The topological polar surface area (TPSA) is 163 Å². The van der Waals surface area contributed by atoms with Crippen molar-refractivity contribution in [3.8, 4) is 11.8 Å². The first-order valence-corrected chi connectivity index (χ1v) is 10.0. The molecule has 3 aromatic heterocycles. The number of hydrogen-bond acceptors (Lipinski definition) is 8. The van der Waals surface area contributed by atoms with Crippen LogP contribution >= 0.6 is 0 Å². The summed E-state index contributed by atoms with van der Waals surface area (Å²) in [5.74, 6) is -3.95. The molecule has 0 radical (unpaired) electrons. The molecule has 0 saturated carbocycles. The predicted molar refractivity (Wildman–Crippen MR) is 116 cm³/mol. The van der Waals surface area contributed by atoms with Crippen LogP contribution < -0.4 is 10.9 Å². The summed E-state index contributed by atoms with van der Waals surface area (Å²) < 4.78 is 20.4. The number of nitrogens with one attached hydrogen (secondary N) is 2. The zero-order chi connectivity index (χ0) is 24.4. The minimum Gasteiger partial charge on any atom is -0.501 e. The fraction of sp³-hybridized carbons (Fsp3) is 0.182. The van der Waals surface area contributed by atoms with Gasteiger partial charge in [-0.15, -0.1) is 5.10 Å². The normalized spacial score (nSPS) is 12.6. The van der Waals surface area contributed by atoms with Gasteiger partial charge in [-0.25, -0.2) is 4.98 Å². The molecule has 4 aromatic rings. The lowest BCUT2D eigenvalue weighted by molar-refractivity contribution is 0.101. The number of nitriles is 1. The molecule has 1 amide bonds. The van der Waals surface area contributed by atoms with Gasteiger partial charge in [0.2, 0.25) is 11.7 Å². The maximum Gasteiger partial charge on any atom is 0.296 e. The number of benzene rings is 1. The summed E-state index contributed by atoms with van der Waals surface area (Å²) in [6.07, 6.45) is 3.76.